The second-order valence-corrected chi connectivity index (χ2v) is 6.51. The van der Waals surface area contributed by atoms with Crippen molar-refractivity contribution >= 4 is 0 Å². The van der Waals surface area contributed by atoms with E-state index in [-0.39, 0.29) is 0 Å². The standard InChI is InChI=1S/C15H15N3/c16-6-8-4-7-5-11(8)13-12(7)14-9-2-1-3-10(9)15(13)18-17-14/h1,3-4,7,9-15H,2,5H2/t7-,9+,10-,11-,12-,13+,14+,15-/m0/s1. The number of hydrogen-bond acceptors (Lipinski definition) is 3. The summed E-state index contributed by atoms with van der Waals surface area (Å²) in [5, 5.41) is 18.5. The molecule has 8 atom stereocenters. The van der Waals surface area contributed by atoms with E-state index in [1.807, 2.05) is 0 Å². The maximum absolute atomic E-state index is 9.25. The minimum absolute atomic E-state index is 0.371. The third kappa shape index (κ3) is 0.869. The van der Waals surface area contributed by atoms with Gasteiger partial charge in [-0.1, -0.05) is 18.2 Å². The summed E-state index contributed by atoms with van der Waals surface area (Å²) in [6.45, 7) is 0. The molecule has 90 valence electrons. The van der Waals surface area contributed by atoms with Gasteiger partial charge in [0.05, 0.1) is 18.2 Å². The molecular weight excluding hydrogens is 222 g/mol. The van der Waals surface area contributed by atoms with E-state index in [4.69, 9.17) is 0 Å². The van der Waals surface area contributed by atoms with Crippen LogP contribution in [0.5, 0.6) is 0 Å². The average molecular weight is 237 g/mol. The van der Waals surface area contributed by atoms with Crippen molar-refractivity contribution in [3.05, 3.63) is 23.8 Å². The number of allylic oxidation sites excluding steroid dienone is 3. The molecule has 6 rings (SSSR count). The van der Waals surface area contributed by atoms with E-state index in [0.29, 0.717) is 47.6 Å². The molecule has 0 N–H and O–H groups in total. The highest BCUT2D eigenvalue weighted by atomic mass is 15.2. The Balaban J connectivity index is 1.64. The van der Waals surface area contributed by atoms with Crippen LogP contribution in [0.4, 0.5) is 0 Å². The number of hydrogen-bond donors (Lipinski definition) is 0. The van der Waals surface area contributed by atoms with Crippen molar-refractivity contribution in [2.75, 3.05) is 0 Å². The zero-order valence-electron chi connectivity index (χ0n) is 10.1. The molecule has 0 unspecified atom stereocenters. The van der Waals surface area contributed by atoms with Crippen molar-refractivity contribution in [2.24, 2.45) is 45.7 Å². The Kier molecular flexibility index (Phi) is 1.55. The molecule has 2 saturated carbocycles. The first-order chi connectivity index (χ1) is 8.88. The normalized spacial score (nSPS) is 57.4. The van der Waals surface area contributed by atoms with Gasteiger partial charge in [0.25, 0.3) is 0 Å². The molecule has 3 heteroatoms. The van der Waals surface area contributed by atoms with E-state index < -0.39 is 0 Å². The lowest BCUT2D eigenvalue weighted by Crippen LogP contribution is -2.53. The van der Waals surface area contributed by atoms with Gasteiger partial charge in [0.15, 0.2) is 0 Å². The molecule has 3 nitrogen and oxygen atoms in total. The molecule has 0 aromatic carbocycles. The van der Waals surface area contributed by atoms with Gasteiger partial charge in [0.1, 0.15) is 0 Å². The topological polar surface area (TPSA) is 48.5 Å². The zero-order chi connectivity index (χ0) is 11.9. The van der Waals surface area contributed by atoms with Crippen LogP contribution in [0.3, 0.4) is 0 Å². The molecule has 4 bridgehead atoms. The molecule has 2 heterocycles. The molecule has 0 aromatic heterocycles. The maximum atomic E-state index is 9.25. The summed E-state index contributed by atoms with van der Waals surface area (Å²) >= 11 is 0. The lowest BCUT2D eigenvalue weighted by molar-refractivity contribution is 0.0453. The molecule has 0 aromatic rings. The Morgan fingerprint density at radius 2 is 2.11 bits per heavy atom. The van der Waals surface area contributed by atoms with Crippen molar-refractivity contribution < 1.29 is 0 Å². The molecule has 0 amide bonds. The number of rotatable bonds is 0. The van der Waals surface area contributed by atoms with Crippen LogP contribution < -0.4 is 0 Å². The highest BCUT2D eigenvalue weighted by Gasteiger charge is 2.63. The van der Waals surface area contributed by atoms with Gasteiger partial charge >= 0.3 is 0 Å². The van der Waals surface area contributed by atoms with Crippen LogP contribution >= 0.6 is 0 Å². The first-order valence-corrected chi connectivity index (χ1v) is 7.07. The quantitative estimate of drug-likeness (QED) is 0.597. The first-order valence-electron chi connectivity index (χ1n) is 7.07. The summed E-state index contributed by atoms with van der Waals surface area (Å²) in [7, 11) is 0. The van der Waals surface area contributed by atoms with Gasteiger partial charge in [-0.3, -0.25) is 0 Å². The van der Waals surface area contributed by atoms with E-state index in [9.17, 15) is 5.26 Å². The molecule has 6 aliphatic rings. The number of azo groups is 1. The lowest BCUT2D eigenvalue weighted by Gasteiger charge is -2.50. The predicted molar refractivity (Wildman–Crippen MR) is 65.4 cm³/mol. The van der Waals surface area contributed by atoms with Gasteiger partial charge < -0.3 is 0 Å². The molecule has 0 saturated heterocycles. The zero-order valence-corrected chi connectivity index (χ0v) is 10.1. The fourth-order valence-electron chi connectivity index (χ4n) is 5.54. The third-order valence-corrected chi connectivity index (χ3v) is 6.07. The molecule has 4 aliphatic carbocycles. The van der Waals surface area contributed by atoms with Gasteiger partial charge in [0, 0.05) is 11.5 Å². The van der Waals surface area contributed by atoms with Gasteiger partial charge in [0.2, 0.25) is 0 Å². The average Bonchev–Trinajstić information content (AvgIpc) is 3.13. The second kappa shape index (κ2) is 2.93. The minimum atomic E-state index is 0.371. The van der Waals surface area contributed by atoms with Gasteiger partial charge in [-0.15, -0.1) is 0 Å². The van der Waals surface area contributed by atoms with Crippen LogP contribution in [0.15, 0.2) is 34.0 Å². The van der Waals surface area contributed by atoms with Crippen molar-refractivity contribution in [3.8, 4) is 6.07 Å². The SMILES string of the molecule is N#CC1=C[C@H]2C[C@@H]1[C@H]1[C@H]3N=N[C@H]([C@@H]4CC=C[C@@H]43)[C@H]12. The summed E-state index contributed by atoms with van der Waals surface area (Å²) in [4.78, 5) is 0. The molecular formula is C15H15N3. The van der Waals surface area contributed by atoms with Crippen molar-refractivity contribution in [3.63, 3.8) is 0 Å². The maximum Gasteiger partial charge on any atom is 0.0946 e. The smallest absolute Gasteiger partial charge is 0.0946 e. The van der Waals surface area contributed by atoms with E-state index in [1.165, 1.54) is 12.8 Å². The van der Waals surface area contributed by atoms with Gasteiger partial charge in [-0.05, 0) is 42.4 Å². The fourth-order valence-corrected chi connectivity index (χ4v) is 5.54. The molecule has 2 fully saturated rings. The second-order valence-electron chi connectivity index (χ2n) is 6.51. The van der Waals surface area contributed by atoms with Crippen molar-refractivity contribution in [1.82, 2.24) is 0 Å². The third-order valence-electron chi connectivity index (χ3n) is 6.07. The van der Waals surface area contributed by atoms with E-state index >= 15 is 0 Å². The predicted octanol–water partition coefficient (Wildman–Crippen LogP) is 2.73. The summed E-state index contributed by atoms with van der Waals surface area (Å²) in [5.41, 5.74) is 1.04. The molecule has 18 heavy (non-hydrogen) atoms. The van der Waals surface area contributed by atoms with Crippen LogP contribution in [-0.4, -0.2) is 12.1 Å². The van der Waals surface area contributed by atoms with E-state index in [0.717, 1.165) is 5.57 Å². The van der Waals surface area contributed by atoms with E-state index in [2.05, 4.69) is 34.5 Å². The highest BCUT2D eigenvalue weighted by Crippen LogP contribution is 2.63. The van der Waals surface area contributed by atoms with Gasteiger partial charge in [-0.2, -0.15) is 15.5 Å². The first kappa shape index (κ1) is 9.49. The molecule has 0 radical (unpaired) electrons. The largest absolute Gasteiger partial charge is 0.193 e. The van der Waals surface area contributed by atoms with Crippen molar-refractivity contribution in [1.29, 1.82) is 5.26 Å². The Labute approximate surface area is 106 Å². The Morgan fingerprint density at radius 3 is 3.00 bits per heavy atom. The number of nitrogens with zero attached hydrogens (tertiary/aromatic N) is 3. The minimum Gasteiger partial charge on any atom is -0.193 e. The number of fused-ring (bicyclic) bond motifs is 2. The van der Waals surface area contributed by atoms with Crippen LogP contribution in [0.25, 0.3) is 0 Å². The summed E-state index contributed by atoms with van der Waals surface area (Å²) in [6, 6.07) is 3.23. The van der Waals surface area contributed by atoms with Crippen molar-refractivity contribution in [2.45, 2.75) is 24.9 Å². The Hall–Kier alpha value is -1.43. The lowest BCUT2D eigenvalue weighted by atomic mass is 9.59. The van der Waals surface area contributed by atoms with Crippen LogP contribution in [0.1, 0.15) is 12.8 Å². The summed E-state index contributed by atoms with van der Waals surface area (Å²) < 4.78 is 0. The monoisotopic (exact) mass is 237 g/mol. The molecule has 2 aliphatic heterocycles. The fraction of sp³-hybridized carbons (Fsp3) is 0.667. The molecule has 0 spiro atoms. The Bertz CT molecular complexity index is 553. The van der Waals surface area contributed by atoms with Crippen LogP contribution in [0.2, 0.25) is 0 Å². The van der Waals surface area contributed by atoms with Gasteiger partial charge in [-0.25, -0.2) is 0 Å². The van der Waals surface area contributed by atoms with Crippen LogP contribution in [-0.2, 0) is 0 Å². The summed E-state index contributed by atoms with van der Waals surface area (Å²) in [6.07, 6.45) is 9.34. The summed E-state index contributed by atoms with van der Waals surface area (Å²) in [5.74, 6) is 3.74. The number of nitriles is 1. The van der Waals surface area contributed by atoms with E-state index in [1.54, 1.807) is 0 Å². The van der Waals surface area contributed by atoms with Crippen LogP contribution in [0, 0.1) is 46.8 Å². The Morgan fingerprint density at radius 1 is 1.22 bits per heavy atom. The highest BCUT2D eigenvalue weighted by molar-refractivity contribution is 5.37.